The van der Waals surface area contributed by atoms with Crippen LogP contribution in [0.3, 0.4) is 0 Å². The molecule has 1 heterocycles. The Hall–Kier alpha value is -2.20. The number of nitrogens with zero attached hydrogens (tertiary/aromatic N) is 2. The van der Waals surface area contributed by atoms with Gasteiger partial charge >= 0.3 is 0 Å². The zero-order valence-electron chi connectivity index (χ0n) is 11.4. The van der Waals surface area contributed by atoms with E-state index in [0.717, 1.165) is 21.1 Å². The Labute approximate surface area is 122 Å². The van der Waals surface area contributed by atoms with Crippen molar-refractivity contribution in [1.82, 2.24) is 4.98 Å². The van der Waals surface area contributed by atoms with Crippen LogP contribution in [0.4, 0.5) is 5.13 Å². The highest BCUT2D eigenvalue weighted by molar-refractivity contribution is 7.22. The van der Waals surface area contributed by atoms with Crippen molar-refractivity contribution in [1.29, 1.82) is 0 Å². The van der Waals surface area contributed by atoms with Crippen molar-refractivity contribution in [3.63, 3.8) is 0 Å². The second kappa shape index (κ2) is 5.43. The number of fused-ring (bicyclic) bond motifs is 1. The Balaban J connectivity index is 1.97. The van der Waals surface area contributed by atoms with E-state index in [1.807, 2.05) is 19.9 Å². The third-order valence-corrected chi connectivity index (χ3v) is 3.79. The number of aromatic nitrogens is 1. The molecule has 0 spiro atoms. The Kier molecular flexibility index (Phi) is 3.48. The summed E-state index contributed by atoms with van der Waals surface area (Å²) in [4.78, 5) is 4.52. The molecule has 0 aliphatic rings. The van der Waals surface area contributed by atoms with Crippen molar-refractivity contribution in [3.8, 4) is 11.1 Å². The molecule has 100 valence electrons. The number of benzene rings is 2. The first-order chi connectivity index (χ1) is 9.72. The van der Waals surface area contributed by atoms with Crippen LogP contribution in [-0.4, -0.2) is 10.7 Å². The molecule has 0 radical (unpaired) electrons. The topological polar surface area (TPSA) is 37.3 Å². The van der Waals surface area contributed by atoms with E-state index in [1.165, 1.54) is 11.1 Å². The van der Waals surface area contributed by atoms with Gasteiger partial charge in [-0.3, -0.25) is 5.43 Å². The standard InChI is InChI=1S/C16H15N3S/c1-11(2)18-19-16-17-14-9-8-13(10-15(14)20-16)12-6-4-3-5-7-12/h3-10H,1-2H3,(H,17,19). The predicted molar refractivity (Wildman–Crippen MR) is 87.5 cm³/mol. The van der Waals surface area contributed by atoms with E-state index >= 15 is 0 Å². The Morgan fingerprint density at radius 3 is 2.60 bits per heavy atom. The van der Waals surface area contributed by atoms with Crippen LogP contribution >= 0.6 is 11.3 Å². The molecular formula is C16H15N3S. The average molecular weight is 281 g/mol. The molecule has 4 heteroatoms. The lowest BCUT2D eigenvalue weighted by Crippen LogP contribution is -1.91. The highest BCUT2D eigenvalue weighted by Crippen LogP contribution is 2.30. The van der Waals surface area contributed by atoms with Crippen LogP contribution in [0.25, 0.3) is 21.3 Å². The number of hydrogen-bond acceptors (Lipinski definition) is 4. The molecule has 0 fully saturated rings. The molecule has 0 amide bonds. The molecule has 0 saturated heterocycles. The lowest BCUT2D eigenvalue weighted by Gasteiger charge is -2.00. The van der Waals surface area contributed by atoms with Gasteiger partial charge in [0.05, 0.1) is 10.2 Å². The maximum atomic E-state index is 4.52. The predicted octanol–water partition coefficient (Wildman–Crippen LogP) is 4.77. The molecular weight excluding hydrogens is 266 g/mol. The summed E-state index contributed by atoms with van der Waals surface area (Å²) >= 11 is 1.62. The molecule has 0 aliphatic heterocycles. The lowest BCUT2D eigenvalue weighted by atomic mass is 10.1. The Bertz CT molecular complexity index is 756. The average Bonchev–Trinajstić information content (AvgIpc) is 2.88. The zero-order valence-corrected chi connectivity index (χ0v) is 12.2. The molecule has 0 unspecified atom stereocenters. The summed E-state index contributed by atoms with van der Waals surface area (Å²) in [6.45, 7) is 3.90. The van der Waals surface area contributed by atoms with E-state index < -0.39 is 0 Å². The summed E-state index contributed by atoms with van der Waals surface area (Å²) < 4.78 is 1.16. The van der Waals surface area contributed by atoms with E-state index in [4.69, 9.17) is 0 Å². The van der Waals surface area contributed by atoms with Crippen molar-refractivity contribution in [2.24, 2.45) is 5.10 Å². The molecule has 0 atom stereocenters. The van der Waals surface area contributed by atoms with Crippen molar-refractivity contribution < 1.29 is 0 Å². The molecule has 1 aromatic heterocycles. The van der Waals surface area contributed by atoms with Gasteiger partial charge in [0, 0.05) is 5.71 Å². The Morgan fingerprint density at radius 1 is 1.05 bits per heavy atom. The first kappa shape index (κ1) is 12.8. The minimum atomic E-state index is 0.825. The maximum absolute atomic E-state index is 4.52. The second-order valence-corrected chi connectivity index (χ2v) is 5.77. The molecule has 0 aliphatic carbocycles. The highest BCUT2D eigenvalue weighted by Gasteiger charge is 2.05. The van der Waals surface area contributed by atoms with Crippen LogP contribution in [0.15, 0.2) is 53.6 Å². The fraction of sp³-hybridized carbons (Fsp3) is 0.125. The van der Waals surface area contributed by atoms with Crippen LogP contribution in [-0.2, 0) is 0 Å². The minimum absolute atomic E-state index is 0.825. The van der Waals surface area contributed by atoms with Gasteiger partial charge in [-0.2, -0.15) is 5.10 Å². The molecule has 0 saturated carbocycles. The monoisotopic (exact) mass is 281 g/mol. The van der Waals surface area contributed by atoms with E-state index in [0.29, 0.717) is 0 Å². The van der Waals surface area contributed by atoms with E-state index in [1.54, 1.807) is 11.3 Å². The smallest absolute Gasteiger partial charge is 0.204 e. The molecule has 1 N–H and O–H groups in total. The van der Waals surface area contributed by atoms with Crippen LogP contribution in [0, 0.1) is 0 Å². The SMILES string of the molecule is CC(C)=NNc1nc2ccc(-c3ccccc3)cc2s1. The van der Waals surface area contributed by atoms with Crippen LogP contribution in [0.2, 0.25) is 0 Å². The van der Waals surface area contributed by atoms with Crippen LogP contribution in [0.1, 0.15) is 13.8 Å². The van der Waals surface area contributed by atoms with Crippen LogP contribution < -0.4 is 5.43 Å². The largest absolute Gasteiger partial charge is 0.253 e. The van der Waals surface area contributed by atoms with Gasteiger partial charge in [0.15, 0.2) is 0 Å². The zero-order chi connectivity index (χ0) is 13.9. The third kappa shape index (κ3) is 2.70. The molecule has 2 aromatic carbocycles. The summed E-state index contributed by atoms with van der Waals surface area (Å²) in [6.07, 6.45) is 0. The number of nitrogens with one attached hydrogen (secondary N) is 1. The van der Waals surface area contributed by atoms with Gasteiger partial charge in [0.25, 0.3) is 0 Å². The minimum Gasteiger partial charge on any atom is -0.253 e. The van der Waals surface area contributed by atoms with E-state index in [2.05, 4.69) is 58.0 Å². The number of thiazole rings is 1. The van der Waals surface area contributed by atoms with Gasteiger partial charge in [-0.25, -0.2) is 4.98 Å². The lowest BCUT2D eigenvalue weighted by molar-refractivity contribution is 1.29. The Morgan fingerprint density at radius 2 is 1.85 bits per heavy atom. The molecule has 3 rings (SSSR count). The number of hydrazone groups is 1. The van der Waals surface area contributed by atoms with Gasteiger partial charge in [-0.15, -0.1) is 0 Å². The summed E-state index contributed by atoms with van der Waals surface area (Å²) in [5.41, 5.74) is 7.40. The molecule has 0 bridgehead atoms. The first-order valence-corrected chi connectivity index (χ1v) is 7.27. The van der Waals surface area contributed by atoms with Gasteiger partial charge in [-0.05, 0) is 37.1 Å². The van der Waals surface area contributed by atoms with E-state index in [9.17, 15) is 0 Å². The summed E-state index contributed by atoms with van der Waals surface area (Å²) in [5, 5.41) is 5.01. The van der Waals surface area contributed by atoms with Crippen molar-refractivity contribution >= 4 is 32.4 Å². The molecule has 3 aromatic rings. The molecule has 3 nitrogen and oxygen atoms in total. The van der Waals surface area contributed by atoms with Gasteiger partial charge < -0.3 is 0 Å². The normalized spacial score (nSPS) is 10.5. The van der Waals surface area contributed by atoms with Crippen molar-refractivity contribution in [2.45, 2.75) is 13.8 Å². The van der Waals surface area contributed by atoms with Gasteiger partial charge in [0.1, 0.15) is 0 Å². The fourth-order valence-corrected chi connectivity index (χ4v) is 2.79. The number of hydrogen-bond donors (Lipinski definition) is 1. The third-order valence-electron chi connectivity index (χ3n) is 2.87. The van der Waals surface area contributed by atoms with Crippen molar-refractivity contribution in [3.05, 3.63) is 48.5 Å². The fourth-order valence-electron chi connectivity index (χ4n) is 1.94. The maximum Gasteiger partial charge on any atom is 0.204 e. The first-order valence-electron chi connectivity index (χ1n) is 6.45. The second-order valence-electron chi connectivity index (χ2n) is 4.74. The quantitative estimate of drug-likeness (QED) is 0.554. The number of anilines is 1. The summed E-state index contributed by atoms with van der Waals surface area (Å²) in [5.74, 6) is 0. The van der Waals surface area contributed by atoms with Gasteiger partial charge in [0.2, 0.25) is 5.13 Å². The summed E-state index contributed by atoms with van der Waals surface area (Å²) in [6, 6.07) is 16.7. The van der Waals surface area contributed by atoms with Crippen LogP contribution in [0.5, 0.6) is 0 Å². The highest BCUT2D eigenvalue weighted by atomic mass is 32.1. The van der Waals surface area contributed by atoms with Crippen molar-refractivity contribution in [2.75, 3.05) is 5.43 Å². The number of rotatable bonds is 3. The molecule has 20 heavy (non-hydrogen) atoms. The summed E-state index contributed by atoms with van der Waals surface area (Å²) in [7, 11) is 0. The van der Waals surface area contributed by atoms with E-state index in [-0.39, 0.29) is 0 Å². The van der Waals surface area contributed by atoms with Gasteiger partial charge in [-0.1, -0.05) is 47.7 Å².